The van der Waals surface area contributed by atoms with Crippen molar-refractivity contribution in [3.05, 3.63) is 66.7 Å². The molecule has 0 aliphatic rings. The molecule has 0 bridgehead atoms. The average molecular weight is 297 g/mol. The zero-order valence-electron chi connectivity index (χ0n) is 11.8. The van der Waals surface area contributed by atoms with E-state index in [-0.39, 0.29) is 12.2 Å². The van der Waals surface area contributed by atoms with Crippen LogP contribution in [0, 0.1) is 0 Å². The fourth-order valence-electron chi connectivity index (χ4n) is 1.90. The normalized spacial score (nSPS) is 9.82. The zero-order chi connectivity index (χ0) is 15.9. The Morgan fingerprint density at radius 2 is 1.82 bits per heavy atom. The van der Waals surface area contributed by atoms with Crippen LogP contribution in [0.4, 0.5) is 10.5 Å². The predicted molar refractivity (Wildman–Crippen MR) is 84.0 cm³/mol. The van der Waals surface area contributed by atoms with Crippen LogP contribution in [-0.2, 0) is 4.74 Å². The number of amides is 1. The van der Waals surface area contributed by atoms with Gasteiger partial charge in [0.1, 0.15) is 6.61 Å². The summed E-state index contributed by atoms with van der Waals surface area (Å²) >= 11 is 0. The van der Waals surface area contributed by atoms with E-state index in [1.807, 2.05) is 12.1 Å². The fraction of sp³-hybridized carbons (Fsp3) is 0.0588. The Bertz CT molecular complexity index is 709. The summed E-state index contributed by atoms with van der Waals surface area (Å²) < 4.78 is 4.85. The van der Waals surface area contributed by atoms with Crippen molar-refractivity contribution < 1.29 is 19.4 Å². The summed E-state index contributed by atoms with van der Waals surface area (Å²) in [4.78, 5) is 22.5. The number of carbonyl (C=O) groups excluding carboxylic acids is 1. The van der Waals surface area contributed by atoms with Gasteiger partial charge in [0, 0.05) is 5.69 Å². The van der Waals surface area contributed by atoms with Gasteiger partial charge in [-0.2, -0.15) is 0 Å². The van der Waals surface area contributed by atoms with Gasteiger partial charge in [-0.25, -0.2) is 9.59 Å². The second kappa shape index (κ2) is 7.08. The second-order valence-electron chi connectivity index (χ2n) is 4.48. The summed E-state index contributed by atoms with van der Waals surface area (Å²) in [5.41, 5.74) is 2.32. The maximum atomic E-state index is 11.5. The number of carboxylic acid groups (broad SMARTS) is 1. The van der Waals surface area contributed by atoms with Gasteiger partial charge >= 0.3 is 12.1 Å². The molecule has 5 heteroatoms. The summed E-state index contributed by atoms with van der Waals surface area (Å²) in [6, 6.07) is 13.7. The van der Waals surface area contributed by atoms with Gasteiger partial charge in [-0.15, -0.1) is 0 Å². The third kappa shape index (κ3) is 3.96. The van der Waals surface area contributed by atoms with Crippen LogP contribution < -0.4 is 5.32 Å². The Hall–Kier alpha value is -3.08. The molecular formula is C17H15NO4. The van der Waals surface area contributed by atoms with Crippen molar-refractivity contribution in [2.24, 2.45) is 0 Å². The molecule has 0 aliphatic carbocycles. The van der Waals surface area contributed by atoms with Crippen molar-refractivity contribution >= 4 is 17.7 Å². The van der Waals surface area contributed by atoms with Crippen molar-refractivity contribution in [3.8, 4) is 11.1 Å². The first-order chi connectivity index (χ1) is 10.6. The highest BCUT2D eigenvalue weighted by molar-refractivity contribution is 5.90. The Labute approximate surface area is 127 Å². The van der Waals surface area contributed by atoms with Crippen LogP contribution in [0.1, 0.15) is 10.4 Å². The summed E-state index contributed by atoms with van der Waals surface area (Å²) in [5.74, 6) is -0.982. The molecule has 0 aromatic heterocycles. The SMILES string of the molecule is C=CCOC(=O)Nc1cccc(-c2cccc(C(=O)O)c2)c1. The Morgan fingerprint density at radius 1 is 1.14 bits per heavy atom. The van der Waals surface area contributed by atoms with E-state index in [0.717, 1.165) is 11.1 Å². The zero-order valence-corrected chi connectivity index (χ0v) is 11.8. The average Bonchev–Trinajstić information content (AvgIpc) is 2.53. The summed E-state index contributed by atoms with van der Waals surface area (Å²) in [6.07, 6.45) is 0.907. The van der Waals surface area contributed by atoms with E-state index < -0.39 is 12.1 Å². The molecule has 2 aromatic carbocycles. The maximum absolute atomic E-state index is 11.5. The van der Waals surface area contributed by atoms with E-state index in [9.17, 15) is 9.59 Å². The molecule has 5 nitrogen and oxygen atoms in total. The van der Waals surface area contributed by atoms with Crippen molar-refractivity contribution in [2.45, 2.75) is 0 Å². The standard InChI is InChI=1S/C17H15NO4/c1-2-9-22-17(21)18-15-8-4-6-13(11-15)12-5-3-7-14(10-12)16(19)20/h2-8,10-11H,1,9H2,(H,18,21)(H,19,20). The number of anilines is 1. The smallest absolute Gasteiger partial charge is 0.411 e. The first-order valence-electron chi connectivity index (χ1n) is 6.58. The topological polar surface area (TPSA) is 75.6 Å². The summed E-state index contributed by atoms with van der Waals surface area (Å²) in [6.45, 7) is 3.59. The van der Waals surface area contributed by atoms with Crippen LogP contribution in [-0.4, -0.2) is 23.8 Å². The van der Waals surface area contributed by atoms with Crippen molar-refractivity contribution in [1.82, 2.24) is 0 Å². The minimum Gasteiger partial charge on any atom is -0.478 e. The molecule has 112 valence electrons. The highest BCUT2D eigenvalue weighted by atomic mass is 16.5. The molecule has 0 unspecified atom stereocenters. The maximum Gasteiger partial charge on any atom is 0.411 e. The number of rotatable bonds is 5. The van der Waals surface area contributed by atoms with Gasteiger partial charge < -0.3 is 9.84 Å². The molecular weight excluding hydrogens is 282 g/mol. The van der Waals surface area contributed by atoms with Crippen molar-refractivity contribution in [3.63, 3.8) is 0 Å². The molecule has 0 aliphatic heterocycles. The molecule has 0 saturated heterocycles. The van der Waals surface area contributed by atoms with Crippen LogP contribution in [0.3, 0.4) is 0 Å². The number of hydrogen-bond donors (Lipinski definition) is 2. The van der Waals surface area contributed by atoms with Gasteiger partial charge in [-0.1, -0.05) is 36.9 Å². The molecule has 0 saturated carbocycles. The molecule has 0 atom stereocenters. The molecule has 2 aromatic rings. The molecule has 22 heavy (non-hydrogen) atoms. The second-order valence-corrected chi connectivity index (χ2v) is 4.48. The Balaban J connectivity index is 2.21. The first-order valence-corrected chi connectivity index (χ1v) is 6.58. The predicted octanol–water partition coefficient (Wildman–Crippen LogP) is 3.79. The highest BCUT2D eigenvalue weighted by Gasteiger charge is 2.07. The lowest BCUT2D eigenvalue weighted by Gasteiger charge is -2.08. The third-order valence-corrected chi connectivity index (χ3v) is 2.88. The molecule has 1 amide bonds. The van der Waals surface area contributed by atoms with Crippen molar-refractivity contribution in [1.29, 1.82) is 0 Å². The number of carboxylic acids is 1. The van der Waals surface area contributed by atoms with Crippen LogP contribution in [0.5, 0.6) is 0 Å². The quantitative estimate of drug-likeness (QED) is 0.823. The van der Waals surface area contributed by atoms with E-state index >= 15 is 0 Å². The number of benzene rings is 2. The van der Waals surface area contributed by atoms with Crippen LogP contribution in [0.25, 0.3) is 11.1 Å². The van der Waals surface area contributed by atoms with Crippen LogP contribution in [0.2, 0.25) is 0 Å². The fourth-order valence-corrected chi connectivity index (χ4v) is 1.90. The van der Waals surface area contributed by atoms with E-state index in [4.69, 9.17) is 9.84 Å². The number of aromatic carboxylic acids is 1. The first kappa shape index (κ1) is 15.3. The lowest BCUT2D eigenvalue weighted by molar-refractivity contribution is 0.0697. The molecule has 2 N–H and O–H groups in total. The summed E-state index contributed by atoms with van der Waals surface area (Å²) in [7, 11) is 0. The van der Waals surface area contributed by atoms with Gasteiger partial charge in [0.2, 0.25) is 0 Å². The Morgan fingerprint density at radius 3 is 2.50 bits per heavy atom. The number of nitrogens with one attached hydrogen (secondary N) is 1. The van der Waals surface area contributed by atoms with Gasteiger partial charge in [-0.05, 0) is 35.4 Å². The minimum absolute atomic E-state index is 0.131. The van der Waals surface area contributed by atoms with Gasteiger partial charge in [0.15, 0.2) is 0 Å². The molecule has 0 radical (unpaired) electrons. The highest BCUT2D eigenvalue weighted by Crippen LogP contribution is 2.23. The van der Waals surface area contributed by atoms with Gasteiger partial charge in [0.25, 0.3) is 0 Å². The van der Waals surface area contributed by atoms with E-state index in [1.165, 1.54) is 12.1 Å². The van der Waals surface area contributed by atoms with Gasteiger partial charge in [0.05, 0.1) is 5.56 Å². The molecule has 0 spiro atoms. The number of carbonyl (C=O) groups is 2. The van der Waals surface area contributed by atoms with Gasteiger partial charge in [-0.3, -0.25) is 5.32 Å². The number of hydrogen-bond acceptors (Lipinski definition) is 3. The van der Waals surface area contributed by atoms with E-state index in [1.54, 1.807) is 30.3 Å². The Kier molecular flexibility index (Phi) is 4.93. The molecule has 2 rings (SSSR count). The minimum atomic E-state index is -0.982. The lowest BCUT2D eigenvalue weighted by atomic mass is 10.0. The summed E-state index contributed by atoms with van der Waals surface area (Å²) in [5, 5.41) is 11.6. The van der Waals surface area contributed by atoms with Crippen LogP contribution in [0.15, 0.2) is 61.2 Å². The van der Waals surface area contributed by atoms with E-state index in [2.05, 4.69) is 11.9 Å². The molecule has 0 fully saturated rings. The lowest BCUT2D eigenvalue weighted by Crippen LogP contribution is -2.13. The van der Waals surface area contributed by atoms with E-state index in [0.29, 0.717) is 5.69 Å². The largest absolute Gasteiger partial charge is 0.478 e. The third-order valence-electron chi connectivity index (χ3n) is 2.88. The van der Waals surface area contributed by atoms with Crippen molar-refractivity contribution in [2.75, 3.05) is 11.9 Å². The van der Waals surface area contributed by atoms with Crippen LogP contribution >= 0.6 is 0 Å². The number of ether oxygens (including phenoxy) is 1. The molecule has 0 heterocycles. The monoisotopic (exact) mass is 297 g/mol.